The highest BCUT2D eigenvalue weighted by atomic mass is 16.5. The summed E-state index contributed by atoms with van der Waals surface area (Å²) >= 11 is 0. The number of ether oxygens (including phenoxy) is 3. The van der Waals surface area contributed by atoms with Crippen LogP contribution in [0.25, 0.3) is 0 Å². The van der Waals surface area contributed by atoms with Crippen molar-refractivity contribution in [1.29, 1.82) is 0 Å². The lowest BCUT2D eigenvalue weighted by atomic mass is 10.2. The van der Waals surface area contributed by atoms with Crippen LogP contribution in [0.15, 0.2) is 48.5 Å². The first kappa shape index (κ1) is 15.7. The fraction of sp³-hybridized carbons (Fsp3) is 0.235. The van der Waals surface area contributed by atoms with E-state index in [1.54, 1.807) is 51.5 Å². The second-order valence-electron chi connectivity index (χ2n) is 4.63. The molecule has 0 saturated heterocycles. The molecule has 0 aliphatic heterocycles. The number of para-hydroxylation sites is 1. The van der Waals surface area contributed by atoms with Crippen molar-refractivity contribution in [3.8, 4) is 17.2 Å². The van der Waals surface area contributed by atoms with E-state index < -0.39 is 6.10 Å². The van der Waals surface area contributed by atoms with Crippen molar-refractivity contribution in [3.05, 3.63) is 48.5 Å². The molecular formula is C17H19NO4. The summed E-state index contributed by atoms with van der Waals surface area (Å²) < 4.78 is 15.9. The van der Waals surface area contributed by atoms with Gasteiger partial charge in [0.05, 0.1) is 14.2 Å². The van der Waals surface area contributed by atoms with Crippen LogP contribution in [0.3, 0.4) is 0 Å². The first-order valence-corrected chi connectivity index (χ1v) is 6.88. The Morgan fingerprint density at radius 3 is 2.32 bits per heavy atom. The van der Waals surface area contributed by atoms with Gasteiger partial charge in [0, 0.05) is 11.8 Å². The van der Waals surface area contributed by atoms with Crippen LogP contribution in [-0.4, -0.2) is 26.2 Å². The summed E-state index contributed by atoms with van der Waals surface area (Å²) in [5.74, 6) is 1.57. The van der Waals surface area contributed by atoms with Crippen LogP contribution in [-0.2, 0) is 4.79 Å². The lowest BCUT2D eigenvalue weighted by Gasteiger charge is -2.15. The zero-order valence-corrected chi connectivity index (χ0v) is 12.8. The average Bonchev–Trinajstić information content (AvgIpc) is 2.55. The number of hydrogen-bond donors (Lipinski definition) is 1. The maximum absolute atomic E-state index is 12.2. The highest BCUT2D eigenvalue weighted by Gasteiger charge is 2.15. The van der Waals surface area contributed by atoms with Gasteiger partial charge in [0.2, 0.25) is 0 Å². The molecule has 1 atom stereocenters. The molecule has 0 spiro atoms. The molecule has 0 bridgehead atoms. The predicted octanol–water partition coefficient (Wildman–Crippen LogP) is 3.11. The van der Waals surface area contributed by atoms with Gasteiger partial charge in [-0.05, 0) is 31.2 Å². The van der Waals surface area contributed by atoms with Gasteiger partial charge >= 0.3 is 0 Å². The van der Waals surface area contributed by atoms with Crippen molar-refractivity contribution in [1.82, 2.24) is 0 Å². The fourth-order valence-electron chi connectivity index (χ4n) is 1.91. The molecule has 1 unspecified atom stereocenters. The van der Waals surface area contributed by atoms with E-state index in [0.717, 1.165) is 0 Å². The van der Waals surface area contributed by atoms with Crippen molar-refractivity contribution in [2.75, 3.05) is 19.5 Å². The third kappa shape index (κ3) is 3.91. The van der Waals surface area contributed by atoms with Crippen molar-refractivity contribution >= 4 is 11.6 Å². The van der Waals surface area contributed by atoms with Gasteiger partial charge in [-0.25, -0.2) is 0 Å². The van der Waals surface area contributed by atoms with Crippen LogP contribution >= 0.6 is 0 Å². The first-order chi connectivity index (χ1) is 10.6. The van der Waals surface area contributed by atoms with Gasteiger partial charge in [0.25, 0.3) is 5.91 Å². The summed E-state index contributed by atoms with van der Waals surface area (Å²) in [5.41, 5.74) is 0.617. The molecule has 116 valence electrons. The van der Waals surface area contributed by atoms with Gasteiger partial charge < -0.3 is 19.5 Å². The molecule has 0 saturated carbocycles. The van der Waals surface area contributed by atoms with E-state index >= 15 is 0 Å². The van der Waals surface area contributed by atoms with Crippen molar-refractivity contribution in [2.45, 2.75) is 13.0 Å². The van der Waals surface area contributed by atoms with Gasteiger partial charge in [-0.15, -0.1) is 0 Å². The molecule has 0 aromatic heterocycles. The van der Waals surface area contributed by atoms with Crippen LogP contribution in [0.1, 0.15) is 6.92 Å². The quantitative estimate of drug-likeness (QED) is 0.890. The monoisotopic (exact) mass is 301 g/mol. The minimum absolute atomic E-state index is 0.240. The fourth-order valence-corrected chi connectivity index (χ4v) is 1.91. The number of benzene rings is 2. The SMILES string of the molecule is COc1ccc(NC(=O)C(C)Oc2ccccc2)cc1OC. The largest absolute Gasteiger partial charge is 0.493 e. The van der Waals surface area contributed by atoms with E-state index in [-0.39, 0.29) is 5.91 Å². The van der Waals surface area contributed by atoms with E-state index in [1.165, 1.54) is 0 Å². The molecule has 2 aromatic carbocycles. The standard InChI is InChI=1S/C17H19NO4/c1-12(22-14-7-5-4-6-8-14)17(19)18-13-9-10-15(20-2)16(11-13)21-3/h4-12H,1-3H3,(H,18,19). The summed E-state index contributed by atoms with van der Waals surface area (Å²) in [6.07, 6.45) is -0.615. The number of carbonyl (C=O) groups is 1. The van der Waals surface area contributed by atoms with Crippen molar-refractivity contribution in [2.24, 2.45) is 0 Å². The van der Waals surface area contributed by atoms with Crippen molar-refractivity contribution < 1.29 is 19.0 Å². The third-order valence-electron chi connectivity index (χ3n) is 3.08. The summed E-state index contributed by atoms with van der Waals surface area (Å²) in [6, 6.07) is 14.4. The number of nitrogens with one attached hydrogen (secondary N) is 1. The molecule has 0 aliphatic rings. The number of amides is 1. The zero-order valence-electron chi connectivity index (χ0n) is 12.8. The minimum Gasteiger partial charge on any atom is -0.493 e. The van der Waals surface area contributed by atoms with E-state index in [4.69, 9.17) is 14.2 Å². The molecular weight excluding hydrogens is 282 g/mol. The minimum atomic E-state index is -0.615. The van der Waals surface area contributed by atoms with Gasteiger partial charge in [0.1, 0.15) is 5.75 Å². The highest BCUT2D eigenvalue weighted by molar-refractivity contribution is 5.94. The van der Waals surface area contributed by atoms with E-state index in [2.05, 4.69) is 5.32 Å². The third-order valence-corrected chi connectivity index (χ3v) is 3.08. The van der Waals surface area contributed by atoms with Crippen LogP contribution in [0.2, 0.25) is 0 Å². The number of anilines is 1. The van der Waals surface area contributed by atoms with Crippen LogP contribution in [0.4, 0.5) is 5.69 Å². The summed E-state index contributed by atoms with van der Waals surface area (Å²) in [7, 11) is 3.11. The molecule has 0 heterocycles. The van der Waals surface area contributed by atoms with Crippen LogP contribution < -0.4 is 19.5 Å². The zero-order chi connectivity index (χ0) is 15.9. The molecule has 0 fully saturated rings. The Morgan fingerprint density at radius 1 is 1.00 bits per heavy atom. The molecule has 1 amide bonds. The molecule has 2 aromatic rings. The Balaban J connectivity index is 2.02. The number of rotatable bonds is 6. The molecule has 1 N–H and O–H groups in total. The lowest BCUT2D eigenvalue weighted by molar-refractivity contribution is -0.122. The molecule has 5 nitrogen and oxygen atoms in total. The van der Waals surface area contributed by atoms with Crippen molar-refractivity contribution in [3.63, 3.8) is 0 Å². The number of hydrogen-bond acceptors (Lipinski definition) is 4. The highest BCUT2D eigenvalue weighted by Crippen LogP contribution is 2.29. The average molecular weight is 301 g/mol. The number of methoxy groups -OCH3 is 2. The van der Waals surface area contributed by atoms with Crippen LogP contribution in [0.5, 0.6) is 17.2 Å². The van der Waals surface area contributed by atoms with E-state index in [1.807, 2.05) is 18.2 Å². The molecule has 22 heavy (non-hydrogen) atoms. The van der Waals surface area contributed by atoms with Gasteiger partial charge in [-0.1, -0.05) is 18.2 Å². The summed E-state index contributed by atoms with van der Waals surface area (Å²) in [5, 5.41) is 2.79. The molecule has 2 rings (SSSR count). The Kier molecular flexibility index (Phi) is 5.25. The summed E-state index contributed by atoms with van der Waals surface area (Å²) in [6.45, 7) is 1.70. The second kappa shape index (κ2) is 7.36. The van der Waals surface area contributed by atoms with Gasteiger partial charge in [0.15, 0.2) is 17.6 Å². The normalized spacial score (nSPS) is 11.4. The summed E-state index contributed by atoms with van der Waals surface area (Å²) in [4.78, 5) is 12.2. The second-order valence-corrected chi connectivity index (χ2v) is 4.63. The Labute approximate surface area is 129 Å². The Bertz CT molecular complexity index is 628. The van der Waals surface area contributed by atoms with Gasteiger partial charge in [-0.2, -0.15) is 0 Å². The molecule has 0 aliphatic carbocycles. The van der Waals surface area contributed by atoms with Crippen LogP contribution in [0, 0.1) is 0 Å². The maximum Gasteiger partial charge on any atom is 0.265 e. The topological polar surface area (TPSA) is 56.8 Å². The van der Waals surface area contributed by atoms with E-state index in [9.17, 15) is 4.79 Å². The first-order valence-electron chi connectivity index (χ1n) is 6.88. The molecule has 5 heteroatoms. The maximum atomic E-state index is 12.2. The smallest absolute Gasteiger partial charge is 0.265 e. The predicted molar refractivity (Wildman–Crippen MR) is 84.7 cm³/mol. The van der Waals surface area contributed by atoms with E-state index in [0.29, 0.717) is 22.9 Å². The Morgan fingerprint density at radius 2 is 1.68 bits per heavy atom. The lowest BCUT2D eigenvalue weighted by Crippen LogP contribution is -2.30. The molecule has 0 radical (unpaired) electrons. The van der Waals surface area contributed by atoms with Gasteiger partial charge in [-0.3, -0.25) is 4.79 Å². The Hall–Kier alpha value is -2.69. The number of carbonyl (C=O) groups excluding carboxylic acids is 1.